The third-order valence-corrected chi connectivity index (χ3v) is 6.73. The van der Waals surface area contributed by atoms with E-state index in [9.17, 15) is 14.4 Å². The van der Waals surface area contributed by atoms with Crippen LogP contribution in [0.3, 0.4) is 0 Å². The highest BCUT2D eigenvalue weighted by molar-refractivity contribution is 5.80. The van der Waals surface area contributed by atoms with Crippen molar-refractivity contribution in [3.05, 3.63) is 59.7 Å². The Morgan fingerprint density at radius 1 is 1.03 bits per heavy atom. The highest BCUT2D eigenvalue weighted by atomic mass is 16.5. The van der Waals surface area contributed by atoms with Gasteiger partial charge in [-0.2, -0.15) is 0 Å². The van der Waals surface area contributed by atoms with Crippen molar-refractivity contribution in [1.82, 2.24) is 10.2 Å². The van der Waals surface area contributed by atoms with E-state index in [1.807, 2.05) is 24.3 Å². The summed E-state index contributed by atoms with van der Waals surface area (Å²) in [5.41, 5.74) is 4.70. The van der Waals surface area contributed by atoms with Crippen molar-refractivity contribution in [3.8, 4) is 11.1 Å². The van der Waals surface area contributed by atoms with Crippen molar-refractivity contribution in [3.63, 3.8) is 0 Å². The molecular formula is C26H30N2O5. The standard InChI is InChI=1S/C26H30N2O5/c1-28(14-13-24(29)30)25(31)17-7-6-8-18(15-17)27-26(32)33-16-23-21-11-4-2-9-19(21)20-10-3-5-12-22(20)23/h2-5,9-12,17-18,23H,6-8,13-16H2,1H3,(H,27,32)(H,29,30)/t17-,18-/m1/s1. The van der Waals surface area contributed by atoms with Gasteiger partial charge in [0.2, 0.25) is 5.91 Å². The number of hydrogen-bond donors (Lipinski definition) is 2. The summed E-state index contributed by atoms with van der Waals surface area (Å²) in [7, 11) is 1.63. The third-order valence-electron chi connectivity index (χ3n) is 6.73. The van der Waals surface area contributed by atoms with Crippen LogP contribution in [-0.4, -0.2) is 54.2 Å². The van der Waals surface area contributed by atoms with Crippen LogP contribution in [0.1, 0.15) is 49.1 Å². The lowest BCUT2D eigenvalue weighted by atomic mass is 9.85. The summed E-state index contributed by atoms with van der Waals surface area (Å²) < 4.78 is 5.64. The number of aliphatic carboxylic acids is 1. The Morgan fingerprint density at radius 3 is 2.30 bits per heavy atom. The maximum absolute atomic E-state index is 12.7. The maximum Gasteiger partial charge on any atom is 0.407 e. The normalized spacial score (nSPS) is 19.3. The minimum Gasteiger partial charge on any atom is -0.481 e. The Labute approximate surface area is 193 Å². The minimum atomic E-state index is -0.923. The van der Waals surface area contributed by atoms with Gasteiger partial charge in [0, 0.05) is 31.5 Å². The molecule has 2 aromatic carbocycles. The molecule has 0 unspecified atom stereocenters. The van der Waals surface area contributed by atoms with Gasteiger partial charge in [-0.25, -0.2) is 4.79 Å². The zero-order valence-electron chi connectivity index (χ0n) is 18.8. The smallest absolute Gasteiger partial charge is 0.407 e. The summed E-state index contributed by atoms with van der Waals surface area (Å²) in [5, 5.41) is 11.8. The SMILES string of the molecule is CN(CCC(=O)O)C(=O)[C@@H]1CCC[C@@H](NC(=O)OCC2c3ccccc3-c3ccccc32)C1. The van der Waals surface area contributed by atoms with Crippen LogP contribution in [0, 0.1) is 5.92 Å². The van der Waals surface area contributed by atoms with E-state index in [1.54, 1.807) is 7.05 Å². The number of amides is 2. The fraction of sp³-hybridized carbons (Fsp3) is 0.423. The monoisotopic (exact) mass is 450 g/mol. The number of fused-ring (bicyclic) bond motifs is 3. The van der Waals surface area contributed by atoms with E-state index in [1.165, 1.54) is 27.2 Å². The lowest BCUT2D eigenvalue weighted by molar-refractivity contribution is -0.139. The molecule has 2 amide bonds. The molecule has 33 heavy (non-hydrogen) atoms. The van der Waals surface area contributed by atoms with Crippen molar-refractivity contribution in [2.24, 2.45) is 5.92 Å². The molecule has 0 saturated heterocycles. The van der Waals surface area contributed by atoms with Gasteiger partial charge in [0.15, 0.2) is 0 Å². The van der Waals surface area contributed by atoms with Gasteiger partial charge in [0.05, 0.1) is 6.42 Å². The second kappa shape index (κ2) is 10.1. The number of carbonyl (C=O) groups is 3. The Morgan fingerprint density at radius 2 is 1.67 bits per heavy atom. The Hall–Kier alpha value is -3.35. The Kier molecular flexibility index (Phi) is 6.96. The zero-order valence-corrected chi connectivity index (χ0v) is 18.8. The number of alkyl carbamates (subject to hydrolysis) is 1. The van der Waals surface area contributed by atoms with E-state index in [4.69, 9.17) is 9.84 Å². The first kappa shape index (κ1) is 22.8. The highest BCUT2D eigenvalue weighted by Gasteiger charge is 2.32. The number of nitrogens with one attached hydrogen (secondary N) is 1. The summed E-state index contributed by atoms with van der Waals surface area (Å²) in [6, 6.07) is 16.3. The van der Waals surface area contributed by atoms with E-state index < -0.39 is 12.1 Å². The van der Waals surface area contributed by atoms with Crippen LogP contribution >= 0.6 is 0 Å². The molecule has 2 aromatic rings. The van der Waals surface area contributed by atoms with E-state index in [0.29, 0.717) is 6.42 Å². The lowest BCUT2D eigenvalue weighted by Gasteiger charge is -2.31. The molecule has 0 heterocycles. The third kappa shape index (κ3) is 5.18. The van der Waals surface area contributed by atoms with Crippen LogP contribution in [0.5, 0.6) is 0 Å². The molecule has 1 saturated carbocycles. The summed E-state index contributed by atoms with van der Waals surface area (Å²) in [6.45, 7) is 0.446. The van der Waals surface area contributed by atoms with Crippen molar-refractivity contribution in [2.45, 2.75) is 44.1 Å². The molecule has 0 radical (unpaired) electrons. The zero-order chi connectivity index (χ0) is 23.4. The average molecular weight is 451 g/mol. The number of rotatable bonds is 7. The van der Waals surface area contributed by atoms with Gasteiger partial charge in [-0.05, 0) is 41.5 Å². The van der Waals surface area contributed by atoms with Gasteiger partial charge >= 0.3 is 12.1 Å². The van der Waals surface area contributed by atoms with E-state index in [0.717, 1.165) is 19.3 Å². The van der Waals surface area contributed by atoms with Crippen molar-refractivity contribution < 1.29 is 24.2 Å². The molecule has 4 rings (SSSR count). The van der Waals surface area contributed by atoms with Crippen LogP contribution in [0.2, 0.25) is 0 Å². The first-order valence-corrected chi connectivity index (χ1v) is 11.5. The summed E-state index contributed by atoms with van der Waals surface area (Å²) in [5.74, 6) is -1.19. The first-order chi connectivity index (χ1) is 15.9. The van der Waals surface area contributed by atoms with E-state index in [-0.39, 0.29) is 43.4 Å². The Balaban J connectivity index is 1.31. The van der Waals surface area contributed by atoms with Crippen LogP contribution < -0.4 is 5.32 Å². The second-order valence-electron chi connectivity index (χ2n) is 8.93. The van der Waals surface area contributed by atoms with Gasteiger partial charge in [-0.15, -0.1) is 0 Å². The fourth-order valence-electron chi connectivity index (χ4n) is 5.04. The van der Waals surface area contributed by atoms with Crippen molar-refractivity contribution in [1.29, 1.82) is 0 Å². The highest BCUT2D eigenvalue weighted by Crippen LogP contribution is 2.44. The molecule has 0 spiro atoms. The van der Waals surface area contributed by atoms with Crippen LogP contribution in [0.15, 0.2) is 48.5 Å². The molecule has 174 valence electrons. The predicted molar refractivity (Wildman–Crippen MR) is 124 cm³/mol. The molecule has 0 bridgehead atoms. The molecule has 0 aliphatic heterocycles. The number of carboxylic acids is 1. The van der Waals surface area contributed by atoms with Gasteiger partial charge in [0.1, 0.15) is 6.61 Å². The fourth-order valence-corrected chi connectivity index (χ4v) is 5.04. The van der Waals surface area contributed by atoms with Crippen LogP contribution in [0.4, 0.5) is 4.79 Å². The summed E-state index contributed by atoms with van der Waals surface area (Å²) in [6.07, 6.45) is 2.38. The van der Waals surface area contributed by atoms with E-state index in [2.05, 4.69) is 29.6 Å². The molecule has 0 aromatic heterocycles. The first-order valence-electron chi connectivity index (χ1n) is 11.5. The average Bonchev–Trinajstić information content (AvgIpc) is 3.14. The molecule has 2 aliphatic rings. The lowest BCUT2D eigenvalue weighted by Crippen LogP contribution is -2.43. The van der Waals surface area contributed by atoms with Crippen LogP contribution in [-0.2, 0) is 14.3 Å². The Bertz CT molecular complexity index is 991. The van der Waals surface area contributed by atoms with Gasteiger partial charge < -0.3 is 20.1 Å². The van der Waals surface area contributed by atoms with Crippen LogP contribution in [0.25, 0.3) is 11.1 Å². The number of hydrogen-bond acceptors (Lipinski definition) is 4. The molecular weight excluding hydrogens is 420 g/mol. The van der Waals surface area contributed by atoms with Crippen molar-refractivity contribution in [2.75, 3.05) is 20.2 Å². The topological polar surface area (TPSA) is 95.9 Å². The second-order valence-corrected chi connectivity index (χ2v) is 8.93. The van der Waals surface area contributed by atoms with Crippen molar-refractivity contribution >= 4 is 18.0 Å². The quantitative estimate of drug-likeness (QED) is 0.664. The molecule has 7 heteroatoms. The number of nitrogens with zero attached hydrogens (tertiary/aromatic N) is 1. The predicted octanol–water partition coefficient (Wildman–Crippen LogP) is 4.02. The summed E-state index contributed by atoms with van der Waals surface area (Å²) >= 11 is 0. The van der Waals surface area contributed by atoms with Gasteiger partial charge in [-0.3, -0.25) is 9.59 Å². The number of benzene rings is 2. The molecule has 1 fully saturated rings. The molecule has 2 N–H and O–H groups in total. The largest absolute Gasteiger partial charge is 0.481 e. The molecule has 2 atom stereocenters. The number of carbonyl (C=O) groups excluding carboxylic acids is 2. The number of ether oxygens (including phenoxy) is 1. The minimum absolute atomic E-state index is 0.00622. The number of carboxylic acid groups (broad SMARTS) is 1. The molecule has 7 nitrogen and oxygen atoms in total. The van der Waals surface area contributed by atoms with Gasteiger partial charge in [0.25, 0.3) is 0 Å². The molecule has 2 aliphatic carbocycles. The van der Waals surface area contributed by atoms with Gasteiger partial charge in [-0.1, -0.05) is 55.0 Å². The summed E-state index contributed by atoms with van der Waals surface area (Å²) in [4.78, 5) is 37.5. The maximum atomic E-state index is 12.7. The van der Waals surface area contributed by atoms with E-state index >= 15 is 0 Å².